The van der Waals surface area contributed by atoms with E-state index in [1.54, 1.807) is 6.92 Å². The fourth-order valence-corrected chi connectivity index (χ4v) is 3.27. The van der Waals surface area contributed by atoms with Gasteiger partial charge in [-0.05, 0) is 12.8 Å². The molecule has 0 spiro atoms. The number of aliphatic carboxylic acids is 1. The molecule has 15 heavy (non-hydrogen) atoms. The van der Waals surface area contributed by atoms with E-state index in [-0.39, 0.29) is 6.42 Å². The van der Waals surface area contributed by atoms with Gasteiger partial charge >= 0.3 is 5.97 Å². The van der Waals surface area contributed by atoms with Gasteiger partial charge in [0, 0.05) is 19.1 Å². The lowest BCUT2D eigenvalue weighted by Crippen LogP contribution is -2.44. The number of rotatable bonds is 5. The third-order valence-electron chi connectivity index (χ3n) is 2.37. The first kappa shape index (κ1) is 12.4. The van der Waals surface area contributed by atoms with Crippen LogP contribution in [0.25, 0.3) is 0 Å². The van der Waals surface area contributed by atoms with Gasteiger partial charge in [0.05, 0.1) is 6.42 Å². The topological polar surface area (TPSA) is 86.7 Å². The number of nitrogens with one attached hydrogen (secondary N) is 1. The van der Waals surface area contributed by atoms with Crippen LogP contribution in [0, 0.1) is 0 Å². The predicted octanol–water partition coefficient (Wildman–Crippen LogP) is -0.220. The largest absolute Gasteiger partial charge is 0.481 e. The molecule has 1 atom stereocenters. The van der Waals surface area contributed by atoms with E-state index in [4.69, 9.17) is 5.11 Å². The van der Waals surface area contributed by atoms with Crippen LogP contribution in [0.2, 0.25) is 0 Å². The van der Waals surface area contributed by atoms with Gasteiger partial charge in [-0.3, -0.25) is 4.79 Å². The van der Waals surface area contributed by atoms with Gasteiger partial charge in [0.15, 0.2) is 0 Å². The van der Waals surface area contributed by atoms with Gasteiger partial charge in [-0.1, -0.05) is 6.92 Å². The Morgan fingerprint density at radius 2 is 2.27 bits per heavy atom. The van der Waals surface area contributed by atoms with E-state index < -0.39 is 22.2 Å². The monoisotopic (exact) mass is 236 g/mol. The van der Waals surface area contributed by atoms with Crippen LogP contribution in [0.3, 0.4) is 0 Å². The number of carboxylic acids is 1. The maximum Gasteiger partial charge on any atom is 0.304 e. The zero-order valence-electron chi connectivity index (χ0n) is 8.64. The van der Waals surface area contributed by atoms with Crippen molar-refractivity contribution in [3.05, 3.63) is 0 Å². The van der Waals surface area contributed by atoms with E-state index in [1.807, 2.05) is 0 Å². The van der Waals surface area contributed by atoms with E-state index in [2.05, 4.69) is 4.72 Å². The summed E-state index contributed by atoms with van der Waals surface area (Å²) in [4.78, 5) is 10.5. The van der Waals surface area contributed by atoms with Gasteiger partial charge in [0.2, 0.25) is 0 Å². The van der Waals surface area contributed by atoms with Gasteiger partial charge in [0.1, 0.15) is 0 Å². The van der Waals surface area contributed by atoms with Gasteiger partial charge in [0.25, 0.3) is 10.2 Å². The summed E-state index contributed by atoms with van der Waals surface area (Å²) in [5.74, 6) is -0.960. The van der Waals surface area contributed by atoms with Gasteiger partial charge in [-0.2, -0.15) is 12.7 Å². The smallest absolute Gasteiger partial charge is 0.304 e. The molecule has 1 saturated heterocycles. The summed E-state index contributed by atoms with van der Waals surface area (Å²) in [5.41, 5.74) is 0. The average molecular weight is 236 g/mol. The molecule has 88 valence electrons. The maximum atomic E-state index is 11.6. The molecule has 0 aromatic carbocycles. The summed E-state index contributed by atoms with van der Waals surface area (Å²) in [6.07, 6.45) is 1.23. The molecule has 6 nitrogen and oxygen atoms in total. The van der Waals surface area contributed by atoms with Crippen molar-refractivity contribution in [3.63, 3.8) is 0 Å². The summed E-state index contributed by atoms with van der Waals surface area (Å²) in [5, 5.41) is 8.65. The zero-order valence-corrected chi connectivity index (χ0v) is 9.46. The van der Waals surface area contributed by atoms with Crippen LogP contribution in [0.15, 0.2) is 0 Å². The zero-order chi connectivity index (χ0) is 11.5. The Balaban J connectivity index is 2.71. The second kappa shape index (κ2) is 4.91. The molecular formula is C8H16N2O4S. The first-order chi connectivity index (χ1) is 6.97. The van der Waals surface area contributed by atoms with Crippen LogP contribution in [-0.4, -0.2) is 42.9 Å². The first-order valence-electron chi connectivity index (χ1n) is 4.95. The highest BCUT2D eigenvalue weighted by molar-refractivity contribution is 7.87. The van der Waals surface area contributed by atoms with E-state index in [0.717, 1.165) is 6.42 Å². The molecule has 0 radical (unpaired) electrons. The summed E-state index contributed by atoms with van der Waals surface area (Å²) in [7, 11) is -3.48. The summed E-state index contributed by atoms with van der Waals surface area (Å²) >= 11 is 0. The summed E-state index contributed by atoms with van der Waals surface area (Å²) in [6, 6.07) is -0.397. The highest BCUT2D eigenvalue weighted by Gasteiger charge is 2.34. The Kier molecular flexibility index (Phi) is 4.06. The maximum absolute atomic E-state index is 11.6. The molecule has 1 aliphatic rings. The van der Waals surface area contributed by atoms with Crippen molar-refractivity contribution in [2.24, 2.45) is 0 Å². The van der Waals surface area contributed by atoms with Crippen LogP contribution in [0.1, 0.15) is 26.2 Å². The van der Waals surface area contributed by atoms with Crippen molar-refractivity contribution >= 4 is 16.2 Å². The number of nitrogens with zero attached hydrogens (tertiary/aromatic N) is 1. The van der Waals surface area contributed by atoms with Gasteiger partial charge < -0.3 is 5.11 Å². The normalized spacial score (nSPS) is 23.1. The van der Waals surface area contributed by atoms with Crippen molar-refractivity contribution in [2.45, 2.75) is 32.2 Å². The highest BCUT2D eigenvalue weighted by atomic mass is 32.2. The summed E-state index contributed by atoms with van der Waals surface area (Å²) in [6.45, 7) is 2.42. The van der Waals surface area contributed by atoms with E-state index >= 15 is 0 Å². The third-order valence-corrected chi connectivity index (χ3v) is 4.12. The van der Waals surface area contributed by atoms with Crippen LogP contribution < -0.4 is 4.72 Å². The van der Waals surface area contributed by atoms with Crippen molar-refractivity contribution < 1.29 is 18.3 Å². The van der Waals surface area contributed by atoms with Crippen molar-refractivity contribution in [2.75, 3.05) is 13.1 Å². The lowest BCUT2D eigenvalue weighted by atomic mass is 10.2. The molecule has 1 rings (SSSR count). The van der Waals surface area contributed by atoms with Crippen molar-refractivity contribution in [1.82, 2.24) is 9.03 Å². The SMILES string of the molecule is CCNS(=O)(=O)N1CCCC1CC(=O)O. The molecule has 0 aromatic heterocycles. The van der Waals surface area contributed by atoms with Crippen molar-refractivity contribution in [1.29, 1.82) is 0 Å². The standard InChI is InChI=1S/C8H16N2O4S/c1-2-9-15(13,14)10-5-3-4-7(10)6-8(11)12/h7,9H,2-6H2,1H3,(H,11,12). The first-order valence-corrected chi connectivity index (χ1v) is 6.39. The Morgan fingerprint density at radius 3 is 2.80 bits per heavy atom. The fourth-order valence-electron chi connectivity index (χ4n) is 1.80. The second-order valence-corrected chi connectivity index (χ2v) is 5.22. The molecule has 0 aliphatic carbocycles. The number of carboxylic acid groups (broad SMARTS) is 1. The molecule has 1 heterocycles. The van der Waals surface area contributed by atoms with Crippen LogP contribution >= 0.6 is 0 Å². The molecule has 1 fully saturated rings. The molecule has 0 amide bonds. The molecule has 2 N–H and O–H groups in total. The molecule has 0 saturated carbocycles. The minimum Gasteiger partial charge on any atom is -0.481 e. The number of hydrogen-bond donors (Lipinski definition) is 2. The molecular weight excluding hydrogens is 220 g/mol. The molecule has 7 heteroatoms. The lowest BCUT2D eigenvalue weighted by Gasteiger charge is -2.22. The van der Waals surface area contributed by atoms with Crippen molar-refractivity contribution in [3.8, 4) is 0 Å². The Bertz CT molecular complexity index is 328. The van der Waals surface area contributed by atoms with Crippen LogP contribution in [-0.2, 0) is 15.0 Å². The van der Waals surface area contributed by atoms with Gasteiger partial charge in [-0.25, -0.2) is 4.72 Å². The Labute approximate surface area is 89.4 Å². The Morgan fingerprint density at radius 1 is 1.60 bits per heavy atom. The molecule has 1 aliphatic heterocycles. The van der Waals surface area contributed by atoms with Gasteiger partial charge in [-0.15, -0.1) is 0 Å². The quantitative estimate of drug-likeness (QED) is 0.691. The summed E-state index contributed by atoms with van der Waals surface area (Å²) < 4.78 is 26.9. The lowest BCUT2D eigenvalue weighted by molar-refractivity contribution is -0.137. The molecule has 0 bridgehead atoms. The molecule has 0 aromatic rings. The number of hydrogen-bond acceptors (Lipinski definition) is 3. The third kappa shape index (κ3) is 3.15. The minimum atomic E-state index is -3.48. The number of carbonyl (C=O) groups is 1. The van der Waals surface area contributed by atoms with E-state index in [1.165, 1.54) is 4.31 Å². The molecule has 1 unspecified atom stereocenters. The Hall–Kier alpha value is -0.660. The predicted molar refractivity (Wildman–Crippen MR) is 54.6 cm³/mol. The van der Waals surface area contributed by atoms with E-state index in [0.29, 0.717) is 19.5 Å². The fraction of sp³-hybridized carbons (Fsp3) is 0.875. The van der Waals surface area contributed by atoms with E-state index in [9.17, 15) is 13.2 Å². The minimum absolute atomic E-state index is 0.120. The van der Waals surface area contributed by atoms with Crippen LogP contribution in [0.4, 0.5) is 0 Å². The average Bonchev–Trinajstić information content (AvgIpc) is 2.51. The second-order valence-electron chi connectivity index (χ2n) is 3.51. The van der Waals surface area contributed by atoms with Crippen LogP contribution in [0.5, 0.6) is 0 Å². The highest BCUT2D eigenvalue weighted by Crippen LogP contribution is 2.22.